The van der Waals surface area contributed by atoms with Crippen LogP contribution in [0.4, 0.5) is 0 Å². The number of hydrogen-bond donors (Lipinski definition) is 1. The molecule has 3 aromatic rings. The van der Waals surface area contributed by atoms with Crippen LogP contribution in [0.3, 0.4) is 0 Å². The third-order valence-electron chi connectivity index (χ3n) is 5.18. The summed E-state index contributed by atoms with van der Waals surface area (Å²) in [7, 11) is 3.10. The predicted molar refractivity (Wildman–Crippen MR) is 131 cm³/mol. The molecule has 1 amide bonds. The first-order chi connectivity index (χ1) is 15.8. The normalized spacial score (nSPS) is 10.7. The van der Waals surface area contributed by atoms with E-state index in [-0.39, 0.29) is 18.1 Å². The zero-order valence-corrected chi connectivity index (χ0v) is 21.0. The molecular weight excluding hydrogens is 508 g/mol. The van der Waals surface area contributed by atoms with E-state index in [1.165, 1.54) is 16.9 Å². The molecule has 174 valence electrons. The van der Waals surface area contributed by atoms with Crippen LogP contribution in [0.2, 0.25) is 0 Å². The minimum absolute atomic E-state index is 0.0506. The smallest absolute Gasteiger partial charge is 0.356 e. The van der Waals surface area contributed by atoms with Gasteiger partial charge in [0.2, 0.25) is 0 Å². The van der Waals surface area contributed by atoms with Gasteiger partial charge in [-0.15, -0.1) is 11.3 Å². The summed E-state index contributed by atoms with van der Waals surface area (Å²) in [6.07, 6.45) is 1.56. The Bertz CT molecular complexity index is 1110. The minimum atomic E-state index is -1.11. The van der Waals surface area contributed by atoms with Gasteiger partial charge in [0.25, 0.3) is 5.91 Å². The maximum absolute atomic E-state index is 13.5. The summed E-state index contributed by atoms with van der Waals surface area (Å²) in [6, 6.07) is 13.5. The van der Waals surface area contributed by atoms with Gasteiger partial charge in [-0.3, -0.25) is 4.79 Å². The third kappa shape index (κ3) is 6.11. The van der Waals surface area contributed by atoms with Crippen LogP contribution in [0.5, 0.6) is 11.5 Å². The number of carboxylic acids is 1. The summed E-state index contributed by atoms with van der Waals surface area (Å²) in [6.45, 7) is 2.54. The fourth-order valence-corrected chi connectivity index (χ4v) is 5.08. The number of aromatic carboxylic acids is 1. The molecule has 0 fully saturated rings. The maximum atomic E-state index is 13.5. The van der Waals surface area contributed by atoms with Gasteiger partial charge in [0, 0.05) is 17.7 Å². The highest BCUT2D eigenvalue weighted by Gasteiger charge is 2.23. The van der Waals surface area contributed by atoms with Crippen LogP contribution >= 0.6 is 27.3 Å². The Kier molecular flexibility index (Phi) is 8.46. The van der Waals surface area contributed by atoms with Gasteiger partial charge in [0.05, 0.1) is 20.8 Å². The van der Waals surface area contributed by atoms with Gasteiger partial charge in [-0.05, 0) is 53.4 Å². The molecule has 1 N–H and O–H groups in total. The molecule has 7 nitrogen and oxygen atoms in total. The number of amides is 1. The van der Waals surface area contributed by atoms with Crippen molar-refractivity contribution in [2.45, 2.75) is 26.3 Å². The Morgan fingerprint density at radius 1 is 1.12 bits per heavy atom. The van der Waals surface area contributed by atoms with Crippen molar-refractivity contribution >= 4 is 39.1 Å². The van der Waals surface area contributed by atoms with Crippen molar-refractivity contribution in [3.63, 3.8) is 0 Å². The molecule has 9 heteroatoms. The second-order valence-corrected chi connectivity index (χ2v) is 9.76. The molecule has 0 aliphatic rings. The van der Waals surface area contributed by atoms with Crippen molar-refractivity contribution in [1.29, 1.82) is 0 Å². The number of methoxy groups -OCH3 is 2. The van der Waals surface area contributed by atoms with Crippen molar-refractivity contribution < 1.29 is 24.2 Å². The predicted octanol–water partition coefficient (Wildman–Crippen LogP) is 5.20. The average Bonchev–Trinajstić information content (AvgIpc) is 3.19. The Labute approximate surface area is 205 Å². The van der Waals surface area contributed by atoms with Crippen LogP contribution in [0.15, 0.2) is 46.3 Å². The molecule has 0 bridgehead atoms. The zero-order chi connectivity index (χ0) is 24.0. The number of hydrogen-bond acceptors (Lipinski definition) is 6. The molecule has 3 rings (SSSR count). The molecule has 0 unspecified atom stereocenters. The van der Waals surface area contributed by atoms with Crippen LogP contribution in [-0.4, -0.2) is 47.6 Å². The molecule has 0 radical (unpaired) electrons. The molecule has 33 heavy (non-hydrogen) atoms. The second kappa shape index (κ2) is 11.3. The lowest BCUT2D eigenvalue weighted by atomic mass is 10.1. The van der Waals surface area contributed by atoms with Gasteiger partial charge < -0.3 is 19.5 Å². The first-order valence-corrected chi connectivity index (χ1v) is 11.9. The standard InChI is InChI=1S/C24H25BrN2O5S/c1-15-18(31-2)12-17(13-19(15)32-3)23(28)27(11-7-10-16-8-5-4-6-9-16)14-20-26-21(24(29)30)22(25)33-20/h4-6,8-9,12-13H,7,10-11,14H2,1-3H3,(H,29,30). The summed E-state index contributed by atoms with van der Waals surface area (Å²) < 4.78 is 11.3. The Morgan fingerprint density at radius 3 is 2.30 bits per heavy atom. The fourth-order valence-electron chi connectivity index (χ4n) is 3.47. The largest absolute Gasteiger partial charge is 0.496 e. The van der Waals surface area contributed by atoms with Gasteiger partial charge in [-0.1, -0.05) is 30.3 Å². The van der Waals surface area contributed by atoms with Crippen molar-refractivity contribution in [2.24, 2.45) is 0 Å². The second-order valence-electron chi connectivity index (χ2n) is 7.36. The topological polar surface area (TPSA) is 89.0 Å². The van der Waals surface area contributed by atoms with E-state index in [9.17, 15) is 14.7 Å². The SMILES string of the molecule is COc1cc(C(=O)N(CCCc2ccccc2)Cc2nc(C(=O)O)c(Br)s2)cc(OC)c1C. The van der Waals surface area contributed by atoms with Gasteiger partial charge in [-0.25, -0.2) is 9.78 Å². The van der Waals surface area contributed by atoms with E-state index in [1.54, 1.807) is 31.3 Å². The average molecular weight is 533 g/mol. The van der Waals surface area contributed by atoms with Gasteiger partial charge >= 0.3 is 5.97 Å². The molecule has 0 saturated carbocycles. The molecule has 1 heterocycles. The van der Waals surface area contributed by atoms with E-state index in [0.717, 1.165) is 18.4 Å². The summed E-state index contributed by atoms with van der Waals surface area (Å²) in [5, 5.41) is 9.86. The van der Waals surface area contributed by atoms with Crippen molar-refractivity contribution in [3.05, 3.63) is 73.6 Å². The lowest BCUT2D eigenvalue weighted by Crippen LogP contribution is -2.32. The van der Waals surface area contributed by atoms with E-state index in [0.29, 0.717) is 32.4 Å². The Morgan fingerprint density at radius 2 is 1.76 bits per heavy atom. The van der Waals surface area contributed by atoms with Crippen LogP contribution in [0.1, 0.15) is 43.4 Å². The lowest BCUT2D eigenvalue weighted by molar-refractivity contribution is 0.0690. The van der Waals surface area contributed by atoms with E-state index in [4.69, 9.17) is 9.47 Å². The van der Waals surface area contributed by atoms with Gasteiger partial charge in [0.15, 0.2) is 5.69 Å². The third-order valence-corrected chi connectivity index (χ3v) is 6.87. The number of benzene rings is 2. The molecule has 0 aliphatic carbocycles. The van der Waals surface area contributed by atoms with Gasteiger partial charge in [0.1, 0.15) is 20.3 Å². The van der Waals surface area contributed by atoms with Gasteiger partial charge in [-0.2, -0.15) is 0 Å². The van der Waals surface area contributed by atoms with Crippen LogP contribution in [-0.2, 0) is 13.0 Å². The number of halogens is 1. The lowest BCUT2D eigenvalue weighted by Gasteiger charge is -2.23. The number of nitrogens with zero attached hydrogens (tertiary/aromatic N) is 2. The van der Waals surface area contributed by atoms with E-state index in [2.05, 4.69) is 33.0 Å². The van der Waals surface area contributed by atoms with Crippen LogP contribution in [0.25, 0.3) is 0 Å². The molecule has 2 aromatic carbocycles. The molecule has 0 atom stereocenters. The summed E-state index contributed by atoms with van der Waals surface area (Å²) in [5.41, 5.74) is 2.38. The van der Waals surface area contributed by atoms with Crippen molar-refractivity contribution in [1.82, 2.24) is 9.88 Å². The monoisotopic (exact) mass is 532 g/mol. The molecule has 1 aromatic heterocycles. The number of aromatic nitrogens is 1. The quantitative estimate of drug-likeness (QED) is 0.385. The highest BCUT2D eigenvalue weighted by Crippen LogP contribution is 2.31. The van der Waals surface area contributed by atoms with E-state index < -0.39 is 5.97 Å². The Hall–Kier alpha value is -2.91. The fraction of sp³-hybridized carbons (Fsp3) is 0.292. The first kappa shape index (κ1) is 24.7. The number of aryl methyl sites for hydroxylation is 1. The Balaban J connectivity index is 1.87. The molecular formula is C24H25BrN2O5S. The summed E-state index contributed by atoms with van der Waals surface area (Å²) >= 11 is 4.47. The first-order valence-electron chi connectivity index (χ1n) is 10.3. The van der Waals surface area contributed by atoms with Crippen LogP contribution in [0, 0.1) is 6.92 Å². The molecule has 0 aliphatic heterocycles. The minimum Gasteiger partial charge on any atom is -0.496 e. The van der Waals surface area contributed by atoms with Crippen molar-refractivity contribution in [2.75, 3.05) is 20.8 Å². The van der Waals surface area contributed by atoms with Crippen LogP contribution < -0.4 is 9.47 Å². The van der Waals surface area contributed by atoms with Crippen molar-refractivity contribution in [3.8, 4) is 11.5 Å². The molecule has 0 spiro atoms. The number of carbonyl (C=O) groups excluding carboxylic acids is 1. The van der Waals surface area contributed by atoms with E-state index >= 15 is 0 Å². The summed E-state index contributed by atoms with van der Waals surface area (Å²) in [5.74, 6) is -0.193. The van der Waals surface area contributed by atoms with E-state index in [1.807, 2.05) is 25.1 Å². The number of carboxylic acid groups (broad SMARTS) is 1. The number of carbonyl (C=O) groups is 2. The highest BCUT2D eigenvalue weighted by atomic mass is 79.9. The highest BCUT2D eigenvalue weighted by molar-refractivity contribution is 9.11. The maximum Gasteiger partial charge on any atom is 0.356 e. The zero-order valence-electron chi connectivity index (χ0n) is 18.6. The molecule has 0 saturated heterocycles. The number of rotatable bonds is 10. The number of ether oxygens (including phenoxy) is 2. The number of thiazole rings is 1. The summed E-state index contributed by atoms with van der Waals surface area (Å²) in [4.78, 5) is 30.8.